The van der Waals surface area contributed by atoms with Gasteiger partial charge < -0.3 is 14.2 Å². The van der Waals surface area contributed by atoms with Crippen LogP contribution in [0.1, 0.15) is 11.3 Å². The average molecular weight is 318 g/mol. The van der Waals surface area contributed by atoms with Crippen molar-refractivity contribution >= 4 is 23.6 Å². The molecule has 1 aliphatic rings. The second-order valence-corrected chi connectivity index (χ2v) is 4.91. The van der Waals surface area contributed by atoms with E-state index >= 15 is 0 Å². The summed E-state index contributed by atoms with van der Waals surface area (Å²) in [6.07, 6.45) is 4.58. The number of carbonyl (C=O) groups is 1. The van der Waals surface area contributed by atoms with Gasteiger partial charge >= 0.3 is 5.97 Å². The van der Waals surface area contributed by atoms with Gasteiger partial charge in [-0.3, -0.25) is 4.98 Å². The molecule has 0 N–H and O–H groups in total. The fourth-order valence-corrected chi connectivity index (χ4v) is 2.20. The molecule has 0 fully saturated rings. The van der Waals surface area contributed by atoms with Gasteiger partial charge in [0.15, 0.2) is 11.5 Å². The van der Waals surface area contributed by atoms with Gasteiger partial charge in [0.2, 0.25) is 6.79 Å². The molecule has 2 aromatic rings. The van der Waals surface area contributed by atoms with Crippen LogP contribution < -0.4 is 9.47 Å². The minimum Gasteiger partial charge on any atom is -0.456 e. The molecule has 5 nitrogen and oxygen atoms in total. The third kappa shape index (κ3) is 3.38. The molecule has 0 bridgehead atoms. The number of halogens is 1. The summed E-state index contributed by atoms with van der Waals surface area (Å²) in [6, 6.07) is 8.86. The highest BCUT2D eigenvalue weighted by atomic mass is 35.5. The Balaban J connectivity index is 1.62. The van der Waals surface area contributed by atoms with Crippen LogP contribution in [0.25, 0.3) is 6.08 Å². The number of rotatable bonds is 4. The number of hydrogen-bond acceptors (Lipinski definition) is 5. The summed E-state index contributed by atoms with van der Waals surface area (Å²) in [4.78, 5) is 15.8. The van der Waals surface area contributed by atoms with Crippen molar-refractivity contribution in [3.05, 3.63) is 58.9 Å². The first-order valence-electron chi connectivity index (χ1n) is 6.56. The molecule has 2 heterocycles. The second kappa shape index (κ2) is 6.49. The van der Waals surface area contributed by atoms with E-state index in [0.29, 0.717) is 22.2 Å². The quantitative estimate of drug-likeness (QED) is 0.640. The Morgan fingerprint density at radius 3 is 3.09 bits per heavy atom. The third-order valence-electron chi connectivity index (χ3n) is 2.95. The Bertz CT molecular complexity index is 716. The summed E-state index contributed by atoms with van der Waals surface area (Å²) in [7, 11) is 0. The molecule has 1 aromatic carbocycles. The van der Waals surface area contributed by atoms with Crippen LogP contribution in [0, 0.1) is 0 Å². The zero-order valence-electron chi connectivity index (χ0n) is 11.5. The van der Waals surface area contributed by atoms with Crippen LogP contribution >= 0.6 is 11.6 Å². The molecule has 0 unspecified atom stereocenters. The van der Waals surface area contributed by atoms with Crippen molar-refractivity contribution in [2.45, 2.75) is 6.61 Å². The molecule has 1 aliphatic heterocycles. The normalized spacial score (nSPS) is 12.6. The monoisotopic (exact) mass is 317 g/mol. The SMILES string of the molecule is O=C(/C=C/c1cc(Cl)c2c(c1)OCO2)OCc1ccccn1. The summed E-state index contributed by atoms with van der Waals surface area (Å²) in [6.45, 7) is 0.278. The van der Waals surface area contributed by atoms with Gasteiger partial charge in [-0.2, -0.15) is 0 Å². The van der Waals surface area contributed by atoms with E-state index in [1.165, 1.54) is 6.08 Å². The topological polar surface area (TPSA) is 57.7 Å². The number of pyridine rings is 1. The molecule has 1 aromatic heterocycles. The Hall–Kier alpha value is -2.53. The molecule has 0 radical (unpaired) electrons. The Kier molecular flexibility index (Phi) is 4.25. The first-order valence-corrected chi connectivity index (χ1v) is 6.94. The lowest BCUT2D eigenvalue weighted by Gasteiger charge is -2.02. The predicted octanol–water partition coefficient (Wildman–Crippen LogP) is 3.22. The number of nitrogens with zero attached hydrogens (tertiary/aromatic N) is 1. The fourth-order valence-electron chi connectivity index (χ4n) is 1.92. The molecular formula is C16H12ClNO4. The van der Waals surface area contributed by atoms with Crippen molar-refractivity contribution in [3.8, 4) is 11.5 Å². The second-order valence-electron chi connectivity index (χ2n) is 4.50. The first-order chi connectivity index (χ1) is 10.7. The van der Waals surface area contributed by atoms with E-state index in [9.17, 15) is 4.79 Å². The van der Waals surface area contributed by atoms with E-state index in [-0.39, 0.29) is 13.4 Å². The van der Waals surface area contributed by atoms with Crippen molar-refractivity contribution in [1.29, 1.82) is 0 Å². The van der Waals surface area contributed by atoms with Crippen molar-refractivity contribution in [3.63, 3.8) is 0 Å². The van der Waals surface area contributed by atoms with E-state index in [0.717, 1.165) is 5.56 Å². The van der Waals surface area contributed by atoms with Crippen LogP contribution in [0.4, 0.5) is 0 Å². The van der Waals surface area contributed by atoms with Crippen LogP contribution in [0.5, 0.6) is 11.5 Å². The van der Waals surface area contributed by atoms with Gasteiger partial charge in [0.05, 0.1) is 10.7 Å². The van der Waals surface area contributed by atoms with Gasteiger partial charge in [0.25, 0.3) is 0 Å². The van der Waals surface area contributed by atoms with Crippen molar-refractivity contribution in [2.75, 3.05) is 6.79 Å². The Labute approximate surface area is 132 Å². The van der Waals surface area contributed by atoms with Crippen LogP contribution in [0.15, 0.2) is 42.6 Å². The number of hydrogen-bond donors (Lipinski definition) is 0. The van der Waals surface area contributed by atoms with E-state index in [4.69, 9.17) is 25.8 Å². The first kappa shape index (κ1) is 14.4. The predicted molar refractivity (Wildman–Crippen MR) is 80.6 cm³/mol. The third-order valence-corrected chi connectivity index (χ3v) is 3.23. The van der Waals surface area contributed by atoms with E-state index in [1.54, 1.807) is 36.5 Å². The number of fused-ring (bicyclic) bond motifs is 1. The lowest BCUT2D eigenvalue weighted by atomic mass is 10.2. The Morgan fingerprint density at radius 1 is 1.36 bits per heavy atom. The van der Waals surface area contributed by atoms with Crippen LogP contribution in [-0.2, 0) is 16.1 Å². The van der Waals surface area contributed by atoms with Crippen molar-refractivity contribution < 1.29 is 19.0 Å². The minimum atomic E-state index is -0.459. The van der Waals surface area contributed by atoms with Crippen molar-refractivity contribution in [2.24, 2.45) is 0 Å². The summed E-state index contributed by atoms with van der Waals surface area (Å²) in [5.74, 6) is 0.630. The van der Waals surface area contributed by atoms with Crippen LogP contribution in [0.3, 0.4) is 0 Å². The smallest absolute Gasteiger partial charge is 0.331 e. The summed E-state index contributed by atoms with van der Waals surface area (Å²) >= 11 is 6.07. The van der Waals surface area contributed by atoms with Gasteiger partial charge in [-0.05, 0) is 35.9 Å². The van der Waals surface area contributed by atoms with E-state index in [2.05, 4.69) is 4.98 Å². The molecule has 6 heteroatoms. The molecule has 0 spiro atoms. The maximum Gasteiger partial charge on any atom is 0.331 e. The largest absolute Gasteiger partial charge is 0.456 e. The molecule has 0 aliphatic carbocycles. The number of aromatic nitrogens is 1. The molecule has 0 saturated carbocycles. The van der Waals surface area contributed by atoms with Crippen LogP contribution in [-0.4, -0.2) is 17.7 Å². The van der Waals surface area contributed by atoms with E-state index < -0.39 is 5.97 Å². The van der Waals surface area contributed by atoms with Gasteiger partial charge in [0, 0.05) is 12.3 Å². The summed E-state index contributed by atoms with van der Waals surface area (Å²) in [5, 5.41) is 0.441. The molecule has 0 amide bonds. The fraction of sp³-hybridized carbons (Fsp3) is 0.125. The van der Waals surface area contributed by atoms with Crippen molar-refractivity contribution in [1.82, 2.24) is 4.98 Å². The molecule has 0 saturated heterocycles. The average Bonchev–Trinajstić information content (AvgIpc) is 3.01. The molecule has 0 atom stereocenters. The molecular weight excluding hydrogens is 306 g/mol. The number of carbonyl (C=O) groups excluding carboxylic acids is 1. The molecule has 22 heavy (non-hydrogen) atoms. The number of esters is 1. The maximum absolute atomic E-state index is 11.7. The molecule has 3 rings (SSSR count). The van der Waals surface area contributed by atoms with Crippen LogP contribution in [0.2, 0.25) is 5.02 Å². The highest BCUT2D eigenvalue weighted by Crippen LogP contribution is 2.40. The standard InChI is InChI=1S/C16H12ClNO4/c17-13-7-11(8-14-16(13)22-10-21-14)4-5-15(19)20-9-12-3-1-2-6-18-12/h1-8H,9-10H2/b5-4+. The lowest BCUT2D eigenvalue weighted by Crippen LogP contribution is -2.01. The van der Waals surface area contributed by atoms with Gasteiger partial charge in [-0.15, -0.1) is 0 Å². The maximum atomic E-state index is 11.7. The number of benzene rings is 1. The lowest BCUT2D eigenvalue weighted by molar-refractivity contribution is -0.139. The van der Waals surface area contributed by atoms with Gasteiger partial charge in [-0.1, -0.05) is 17.7 Å². The molecule has 112 valence electrons. The summed E-state index contributed by atoms with van der Waals surface area (Å²) < 4.78 is 15.6. The highest BCUT2D eigenvalue weighted by Gasteiger charge is 2.17. The zero-order chi connectivity index (χ0) is 15.4. The van der Waals surface area contributed by atoms with E-state index in [1.807, 2.05) is 6.07 Å². The van der Waals surface area contributed by atoms with Gasteiger partial charge in [-0.25, -0.2) is 4.79 Å². The van der Waals surface area contributed by atoms with Gasteiger partial charge in [0.1, 0.15) is 6.61 Å². The number of ether oxygens (including phenoxy) is 3. The Morgan fingerprint density at radius 2 is 2.27 bits per heavy atom. The highest BCUT2D eigenvalue weighted by molar-refractivity contribution is 6.32. The minimum absolute atomic E-state index is 0.131. The zero-order valence-corrected chi connectivity index (χ0v) is 12.2. The summed E-state index contributed by atoms with van der Waals surface area (Å²) in [5.41, 5.74) is 1.42.